The van der Waals surface area contributed by atoms with Crippen LogP contribution in [-0.2, 0) is 6.18 Å². The predicted octanol–water partition coefficient (Wildman–Crippen LogP) is 4.65. The summed E-state index contributed by atoms with van der Waals surface area (Å²) in [5.74, 6) is -0.501. The first kappa shape index (κ1) is 19.0. The Morgan fingerprint density at radius 3 is 2.66 bits per heavy atom. The maximum absolute atomic E-state index is 13.2. The lowest BCUT2D eigenvalue weighted by atomic mass is 10.0. The number of hydrogen-bond acceptors (Lipinski definition) is 3. The third-order valence-electron chi connectivity index (χ3n) is 4.46. The number of carbonyl (C=O) groups excluding carboxylic acids is 1. The monoisotopic (exact) mass is 419 g/mol. The third-order valence-corrected chi connectivity index (χ3v) is 4.79. The van der Waals surface area contributed by atoms with Gasteiger partial charge in [0.2, 0.25) is 0 Å². The van der Waals surface area contributed by atoms with Gasteiger partial charge in [-0.15, -0.1) is 0 Å². The summed E-state index contributed by atoms with van der Waals surface area (Å²) in [7, 11) is 1.43. The molecule has 0 aliphatic rings. The fraction of sp³-hybridized carbons (Fsp3) is 0.105. The molecule has 0 saturated carbocycles. The van der Waals surface area contributed by atoms with Gasteiger partial charge in [0, 0.05) is 34.8 Å². The van der Waals surface area contributed by atoms with Crippen LogP contribution in [0.2, 0.25) is 5.02 Å². The fourth-order valence-electron chi connectivity index (χ4n) is 3.09. The van der Waals surface area contributed by atoms with Crippen molar-refractivity contribution in [3.05, 3.63) is 59.1 Å². The summed E-state index contributed by atoms with van der Waals surface area (Å²) in [5, 5.41) is 3.26. The number of fused-ring (bicyclic) bond motifs is 1. The topological polar surface area (TPSA) is 86.5 Å². The van der Waals surface area contributed by atoms with Gasteiger partial charge in [-0.1, -0.05) is 11.6 Å². The molecule has 6 nitrogen and oxygen atoms in total. The van der Waals surface area contributed by atoms with Gasteiger partial charge in [0.25, 0.3) is 5.91 Å². The van der Waals surface area contributed by atoms with E-state index in [-0.39, 0.29) is 21.8 Å². The van der Waals surface area contributed by atoms with Crippen LogP contribution >= 0.6 is 11.6 Å². The Balaban J connectivity index is 1.95. The second-order valence-electron chi connectivity index (χ2n) is 6.21. The van der Waals surface area contributed by atoms with Crippen LogP contribution in [0.4, 0.5) is 13.2 Å². The molecule has 3 N–H and O–H groups in total. The van der Waals surface area contributed by atoms with Crippen LogP contribution in [0.5, 0.6) is 0 Å². The number of benzene rings is 1. The molecule has 0 spiro atoms. The highest BCUT2D eigenvalue weighted by atomic mass is 35.5. The van der Waals surface area contributed by atoms with E-state index in [9.17, 15) is 18.0 Å². The van der Waals surface area contributed by atoms with Gasteiger partial charge in [-0.05, 0) is 30.3 Å². The first-order chi connectivity index (χ1) is 13.8. The number of nitrogens with zero attached hydrogens (tertiary/aromatic N) is 2. The SMILES string of the molecule is CNC(=O)c1[nH]c(-c2ncnc3[nH]ccc23)cc1-c1cc(C(F)(F)F)ccc1Cl. The van der Waals surface area contributed by atoms with Crippen molar-refractivity contribution in [3.8, 4) is 22.5 Å². The number of aromatic amines is 2. The Morgan fingerprint density at radius 1 is 1.14 bits per heavy atom. The van der Waals surface area contributed by atoms with E-state index in [1.807, 2.05) is 0 Å². The van der Waals surface area contributed by atoms with E-state index >= 15 is 0 Å². The molecule has 0 aliphatic carbocycles. The van der Waals surface area contributed by atoms with Crippen molar-refractivity contribution in [2.24, 2.45) is 0 Å². The van der Waals surface area contributed by atoms with Gasteiger partial charge in [-0.2, -0.15) is 13.2 Å². The van der Waals surface area contributed by atoms with Gasteiger partial charge in [0.15, 0.2) is 0 Å². The summed E-state index contributed by atoms with van der Waals surface area (Å²) in [6, 6.07) is 6.30. The van der Waals surface area contributed by atoms with E-state index in [1.54, 1.807) is 18.3 Å². The van der Waals surface area contributed by atoms with E-state index in [4.69, 9.17) is 11.6 Å². The number of rotatable bonds is 3. The van der Waals surface area contributed by atoms with Crippen LogP contribution in [0.1, 0.15) is 16.1 Å². The lowest BCUT2D eigenvalue weighted by Gasteiger charge is -2.11. The molecule has 1 amide bonds. The van der Waals surface area contributed by atoms with E-state index in [0.717, 1.165) is 18.2 Å². The Kier molecular flexibility index (Phi) is 4.54. The van der Waals surface area contributed by atoms with E-state index in [0.29, 0.717) is 22.4 Å². The largest absolute Gasteiger partial charge is 0.416 e. The highest BCUT2D eigenvalue weighted by Crippen LogP contribution is 2.39. The first-order valence-corrected chi connectivity index (χ1v) is 8.78. The Labute approximate surface area is 167 Å². The Bertz CT molecular complexity index is 1230. The van der Waals surface area contributed by atoms with Crippen LogP contribution in [-0.4, -0.2) is 32.9 Å². The molecule has 4 aromatic rings. The molecule has 3 heterocycles. The average molecular weight is 420 g/mol. The number of nitrogens with one attached hydrogen (secondary N) is 3. The maximum atomic E-state index is 13.2. The number of H-pyrrole nitrogens is 2. The average Bonchev–Trinajstić information content (AvgIpc) is 3.33. The van der Waals surface area contributed by atoms with Crippen LogP contribution in [0, 0.1) is 0 Å². The third kappa shape index (κ3) is 3.33. The van der Waals surface area contributed by atoms with Crippen molar-refractivity contribution in [2.45, 2.75) is 6.18 Å². The summed E-state index contributed by atoms with van der Waals surface area (Å²) in [6.45, 7) is 0. The van der Waals surface area contributed by atoms with Crippen LogP contribution in [0.25, 0.3) is 33.5 Å². The molecule has 3 aromatic heterocycles. The molecule has 4 rings (SSSR count). The summed E-state index contributed by atoms with van der Waals surface area (Å²) < 4.78 is 39.6. The summed E-state index contributed by atoms with van der Waals surface area (Å²) in [6.07, 6.45) is -1.50. The van der Waals surface area contributed by atoms with E-state index < -0.39 is 17.6 Å². The molecule has 10 heteroatoms. The zero-order valence-electron chi connectivity index (χ0n) is 14.9. The smallest absolute Gasteiger partial charge is 0.354 e. The zero-order valence-corrected chi connectivity index (χ0v) is 15.6. The lowest BCUT2D eigenvalue weighted by molar-refractivity contribution is -0.137. The van der Waals surface area contributed by atoms with Crippen molar-refractivity contribution in [3.63, 3.8) is 0 Å². The maximum Gasteiger partial charge on any atom is 0.416 e. The molecule has 0 atom stereocenters. The molecule has 0 saturated heterocycles. The van der Waals surface area contributed by atoms with E-state index in [1.165, 1.54) is 13.4 Å². The standard InChI is InChI=1S/C19H13ClF3N5O/c1-24-18(29)16-12(11-6-9(19(21,22)23)2-3-13(11)20)7-14(28-16)15-10-4-5-25-17(10)27-8-26-15/h2-8,28H,1H3,(H,24,29)(H,25,26,27). The number of amides is 1. The van der Waals surface area contributed by atoms with Crippen LogP contribution < -0.4 is 5.32 Å². The highest BCUT2D eigenvalue weighted by molar-refractivity contribution is 6.33. The van der Waals surface area contributed by atoms with Gasteiger partial charge in [-0.25, -0.2) is 9.97 Å². The van der Waals surface area contributed by atoms with Crippen molar-refractivity contribution in [2.75, 3.05) is 7.05 Å². The number of halogens is 4. The summed E-state index contributed by atoms with van der Waals surface area (Å²) in [4.78, 5) is 26.7. The van der Waals surface area contributed by atoms with Gasteiger partial charge >= 0.3 is 6.18 Å². The summed E-state index contributed by atoms with van der Waals surface area (Å²) in [5.41, 5.74) is 1.06. The highest BCUT2D eigenvalue weighted by Gasteiger charge is 2.32. The Hall–Kier alpha value is -3.33. The first-order valence-electron chi connectivity index (χ1n) is 8.40. The molecule has 0 radical (unpaired) electrons. The van der Waals surface area contributed by atoms with Gasteiger partial charge in [-0.3, -0.25) is 4.79 Å². The molecule has 0 fully saturated rings. The minimum Gasteiger partial charge on any atom is -0.354 e. The molecular formula is C19H13ClF3N5O. The van der Waals surface area contributed by atoms with E-state index in [2.05, 4.69) is 25.3 Å². The zero-order chi connectivity index (χ0) is 20.8. The number of alkyl halides is 3. The predicted molar refractivity (Wildman–Crippen MR) is 103 cm³/mol. The number of carbonyl (C=O) groups is 1. The van der Waals surface area contributed by atoms with Crippen molar-refractivity contribution < 1.29 is 18.0 Å². The van der Waals surface area contributed by atoms with Crippen molar-refractivity contribution >= 4 is 28.5 Å². The van der Waals surface area contributed by atoms with Crippen LogP contribution in [0.3, 0.4) is 0 Å². The second-order valence-corrected chi connectivity index (χ2v) is 6.61. The number of hydrogen-bond donors (Lipinski definition) is 3. The fourth-order valence-corrected chi connectivity index (χ4v) is 3.31. The van der Waals surface area contributed by atoms with Gasteiger partial charge in [0.05, 0.1) is 17.0 Å². The lowest BCUT2D eigenvalue weighted by Crippen LogP contribution is -2.19. The minimum atomic E-state index is -4.55. The van der Waals surface area contributed by atoms with Crippen LogP contribution in [0.15, 0.2) is 42.9 Å². The number of aromatic nitrogens is 4. The minimum absolute atomic E-state index is 0.0750. The molecule has 0 bridgehead atoms. The summed E-state index contributed by atoms with van der Waals surface area (Å²) >= 11 is 6.19. The van der Waals surface area contributed by atoms with Crippen molar-refractivity contribution in [1.29, 1.82) is 0 Å². The Morgan fingerprint density at radius 2 is 1.93 bits per heavy atom. The second kappa shape index (κ2) is 6.93. The van der Waals surface area contributed by atoms with Gasteiger partial charge in [0.1, 0.15) is 17.7 Å². The molecule has 148 valence electrons. The molecule has 1 aromatic carbocycles. The normalized spacial score (nSPS) is 11.8. The molecule has 29 heavy (non-hydrogen) atoms. The molecule has 0 unspecified atom stereocenters. The molecule has 0 aliphatic heterocycles. The van der Waals surface area contributed by atoms with Gasteiger partial charge < -0.3 is 15.3 Å². The van der Waals surface area contributed by atoms with Crippen molar-refractivity contribution in [1.82, 2.24) is 25.3 Å². The quantitative estimate of drug-likeness (QED) is 0.451. The molecular weight excluding hydrogens is 407 g/mol.